The van der Waals surface area contributed by atoms with E-state index in [0.29, 0.717) is 31.9 Å². The van der Waals surface area contributed by atoms with Crippen molar-refractivity contribution in [2.75, 3.05) is 72.4 Å². The Hall–Kier alpha value is -8.92. The van der Waals surface area contributed by atoms with Crippen LogP contribution >= 0.6 is 0 Å². The second-order valence-corrected chi connectivity index (χ2v) is 18.9. The summed E-state index contributed by atoms with van der Waals surface area (Å²) < 4.78 is 22.1. The Labute approximate surface area is 472 Å². The first-order chi connectivity index (χ1) is 39.3. The lowest BCUT2D eigenvalue weighted by molar-refractivity contribution is -0.141. The second kappa shape index (κ2) is 35.6. The molecule has 0 unspecified atom stereocenters. The fourth-order valence-electron chi connectivity index (χ4n) is 8.41. The highest BCUT2D eigenvalue weighted by Crippen LogP contribution is 2.24. The number of carbonyl (C=O) groups is 10. The number of carboxylic acids is 3. The maximum absolute atomic E-state index is 13.9. The number of aliphatic carboxylic acids is 3. The monoisotopic (exact) mass is 1140 g/mol. The number of amides is 8. The molecule has 0 radical (unpaired) electrons. The van der Waals surface area contributed by atoms with Crippen LogP contribution in [0, 0.1) is 17.9 Å². The lowest BCUT2D eigenvalue weighted by Crippen LogP contribution is -2.52. The van der Waals surface area contributed by atoms with Crippen molar-refractivity contribution in [2.24, 2.45) is 0 Å². The SMILES string of the molecule is [C-]#[N+]c1cc(C#N)cc(OCCCC(=O)N2C[C@H](NC(=O)CCOCCOCCOCCNC(C)=O)C[C@H]2C(=O)NCC(=O)N[C@@H](Cc2ccc3ccccc3c2)C(=O)NCCCC[C@H](NC(=O)N[C@@H](CCC(=O)O)C(=O)O)C(=O)O)c1. The van der Waals surface area contributed by atoms with Crippen LogP contribution in [0.25, 0.3) is 15.6 Å². The van der Waals surface area contributed by atoms with Gasteiger partial charge in [0.1, 0.15) is 29.9 Å². The smallest absolute Gasteiger partial charge is 0.326 e. The highest BCUT2D eigenvalue weighted by molar-refractivity contribution is 5.93. The number of nitriles is 1. The number of carbonyl (C=O) groups excluding carboxylic acids is 7. The Morgan fingerprint density at radius 2 is 1.39 bits per heavy atom. The first-order valence-electron chi connectivity index (χ1n) is 26.5. The van der Waals surface area contributed by atoms with Crippen LogP contribution in [0.5, 0.6) is 5.75 Å². The molecule has 27 heteroatoms. The van der Waals surface area contributed by atoms with Crippen LogP contribution in [0.1, 0.15) is 75.8 Å². The van der Waals surface area contributed by atoms with Crippen LogP contribution in [0.3, 0.4) is 0 Å². The molecule has 0 aromatic heterocycles. The average Bonchev–Trinajstić information content (AvgIpc) is 3.90. The number of fused-ring (bicyclic) bond motifs is 1. The summed E-state index contributed by atoms with van der Waals surface area (Å²) in [6, 6.07) is 12.2. The summed E-state index contributed by atoms with van der Waals surface area (Å²) in [5, 5.41) is 56.8. The fourth-order valence-corrected chi connectivity index (χ4v) is 8.41. The van der Waals surface area contributed by atoms with Crippen LogP contribution in [-0.4, -0.2) is 182 Å². The Bertz CT molecular complexity index is 2750. The van der Waals surface area contributed by atoms with Gasteiger partial charge < -0.3 is 76.4 Å². The highest BCUT2D eigenvalue weighted by Gasteiger charge is 2.40. The highest BCUT2D eigenvalue weighted by atomic mass is 16.5. The molecule has 0 aliphatic carbocycles. The zero-order valence-electron chi connectivity index (χ0n) is 45.4. The number of hydrogen-bond acceptors (Lipinski definition) is 15. The summed E-state index contributed by atoms with van der Waals surface area (Å²) in [5.41, 5.74) is 1.10. The lowest BCUT2D eigenvalue weighted by atomic mass is 10.0. The van der Waals surface area contributed by atoms with Gasteiger partial charge >= 0.3 is 23.9 Å². The summed E-state index contributed by atoms with van der Waals surface area (Å²) >= 11 is 0. The topological polar surface area (TPSA) is 384 Å². The van der Waals surface area contributed by atoms with E-state index >= 15 is 0 Å². The van der Waals surface area contributed by atoms with E-state index < -0.39 is 103 Å². The molecule has 0 spiro atoms. The van der Waals surface area contributed by atoms with E-state index in [1.165, 1.54) is 30.0 Å². The molecule has 1 heterocycles. The van der Waals surface area contributed by atoms with Crippen molar-refractivity contribution in [3.8, 4) is 11.8 Å². The molecule has 82 heavy (non-hydrogen) atoms. The van der Waals surface area contributed by atoms with E-state index in [1.54, 1.807) is 6.07 Å². The summed E-state index contributed by atoms with van der Waals surface area (Å²) in [6.45, 7) is 9.92. The number of benzene rings is 3. The van der Waals surface area contributed by atoms with E-state index in [1.807, 2.05) is 42.5 Å². The van der Waals surface area contributed by atoms with Crippen LogP contribution in [0.15, 0.2) is 60.7 Å². The maximum Gasteiger partial charge on any atom is 0.326 e. The van der Waals surface area contributed by atoms with Crippen LogP contribution in [0.4, 0.5) is 10.5 Å². The fraction of sp³-hybridized carbons (Fsp3) is 0.491. The second-order valence-electron chi connectivity index (χ2n) is 18.9. The third-order valence-electron chi connectivity index (χ3n) is 12.5. The third-order valence-corrected chi connectivity index (χ3v) is 12.5. The first-order valence-corrected chi connectivity index (χ1v) is 26.5. The van der Waals surface area contributed by atoms with Gasteiger partial charge in [-0.25, -0.2) is 19.2 Å². The van der Waals surface area contributed by atoms with Crippen LogP contribution < -0.4 is 42.0 Å². The van der Waals surface area contributed by atoms with Gasteiger partial charge in [0, 0.05) is 63.8 Å². The zero-order chi connectivity index (χ0) is 59.8. The van der Waals surface area contributed by atoms with E-state index in [9.17, 15) is 63.4 Å². The molecule has 4 rings (SSSR count). The normalized spacial score (nSPS) is 14.6. The minimum absolute atomic E-state index is 0.00408. The van der Waals surface area contributed by atoms with Crippen molar-refractivity contribution < 1.29 is 82.2 Å². The molecule has 27 nitrogen and oxygen atoms in total. The molecule has 442 valence electrons. The Morgan fingerprint density at radius 3 is 2.06 bits per heavy atom. The van der Waals surface area contributed by atoms with Gasteiger partial charge in [-0.3, -0.25) is 33.6 Å². The van der Waals surface area contributed by atoms with Crippen molar-refractivity contribution in [3.05, 3.63) is 83.2 Å². The molecule has 3 aromatic rings. The average molecular weight is 1140 g/mol. The standard InChI is InChI=1S/C55H70N10O17/c1-35(66)58-18-21-80-23-25-81-24-22-79-20-16-47(67)61-41-31-46(65(34-41)49(69)11-7-19-82-42-28-37(32-56)27-40(30-42)57-2)52(73)60-33-48(68)62-45(29-36-12-13-38-8-3-4-9-39(38)26-36)51(72)59-17-6-5-10-43(53(74)75)63-55(78)64-44(54(76)77)14-15-50(70)71/h3-4,8-9,12-13,26-28,30,41,43-46H,5-7,10-11,14-25,29,31,33-34H2,1H3,(H,58,66)(H,59,72)(H,60,73)(H,61,67)(H,62,68)(H,70,71)(H,74,75)(H,76,77)(H2,63,64,78)/t41-,43+,44+,45+,46+/m1/s1. The summed E-state index contributed by atoms with van der Waals surface area (Å²) in [6.07, 6.45) is -0.717. The van der Waals surface area contributed by atoms with E-state index in [-0.39, 0.29) is 114 Å². The molecular weight excluding hydrogens is 1070 g/mol. The van der Waals surface area contributed by atoms with E-state index in [4.69, 9.17) is 30.6 Å². The zero-order valence-corrected chi connectivity index (χ0v) is 45.4. The van der Waals surface area contributed by atoms with E-state index in [0.717, 1.165) is 10.8 Å². The van der Waals surface area contributed by atoms with Crippen molar-refractivity contribution in [2.45, 2.75) is 101 Å². The van der Waals surface area contributed by atoms with Crippen LogP contribution in [-0.2, 0) is 63.8 Å². The third kappa shape index (κ3) is 24.6. The number of rotatable bonds is 37. The predicted molar refractivity (Wildman–Crippen MR) is 291 cm³/mol. The Kier molecular flexibility index (Phi) is 28.5. The molecule has 1 saturated heterocycles. The Morgan fingerprint density at radius 1 is 0.707 bits per heavy atom. The minimum Gasteiger partial charge on any atom is -0.495 e. The number of ether oxygens (including phenoxy) is 4. The molecule has 8 amide bonds. The van der Waals surface area contributed by atoms with E-state index in [2.05, 4.69) is 42.1 Å². The number of unbranched alkanes of at least 4 members (excludes halogenated alkanes) is 1. The first kappa shape index (κ1) is 65.6. The van der Waals surface area contributed by atoms with Crippen molar-refractivity contribution in [1.82, 2.24) is 42.1 Å². The molecule has 0 bridgehead atoms. The molecule has 5 atom stereocenters. The minimum atomic E-state index is -1.58. The molecule has 1 fully saturated rings. The van der Waals surface area contributed by atoms with Gasteiger partial charge in [0.05, 0.1) is 65.4 Å². The lowest BCUT2D eigenvalue weighted by Gasteiger charge is -2.24. The van der Waals surface area contributed by atoms with Gasteiger partial charge in [-0.1, -0.05) is 42.5 Å². The van der Waals surface area contributed by atoms with Crippen molar-refractivity contribution >= 4 is 75.8 Å². The largest absolute Gasteiger partial charge is 0.495 e. The van der Waals surface area contributed by atoms with Gasteiger partial charge in [-0.05, 0) is 73.1 Å². The molecule has 1 aliphatic heterocycles. The van der Waals surface area contributed by atoms with Gasteiger partial charge in [-0.2, -0.15) is 5.26 Å². The van der Waals surface area contributed by atoms with Gasteiger partial charge in [-0.15, -0.1) is 0 Å². The summed E-state index contributed by atoms with van der Waals surface area (Å²) in [5.74, 6) is -7.04. The number of nitrogens with zero attached hydrogens (tertiary/aromatic N) is 3. The van der Waals surface area contributed by atoms with Gasteiger partial charge in [0.15, 0.2) is 5.69 Å². The molecule has 1 aliphatic rings. The molecular formula is C55H70N10O17. The summed E-state index contributed by atoms with van der Waals surface area (Å²) in [4.78, 5) is 131. The molecule has 10 N–H and O–H groups in total. The number of urea groups is 1. The van der Waals surface area contributed by atoms with Gasteiger partial charge in [0.25, 0.3) is 0 Å². The van der Waals surface area contributed by atoms with Crippen molar-refractivity contribution in [1.29, 1.82) is 5.26 Å². The van der Waals surface area contributed by atoms with Gasteiger partial charge in [0.2, 0.25) is 35.4 Å². The number of nitrogens with one attached hydrogen (secondary N) is 7. The quantitative estimate of drug-likeness (QED) is 0.0287. The maximum atomic E-state index is 13.9. The molecule has 3 aromatic carbocycles. The summed E-state index contributed by atoms with van der Waals surface area (Å²) in [7, 11) is 0. The van der Waals surface area contributed by atoms with Crippen molar-refractivity contribution in [3.63, 3.8) is 0 Å². The Balaban J connectivity index is 1.35. The molecule has 0 saturated carbocycles. The van der Waals surface area contributed by atoms with Crippen LogP contribution in [0.2, 0.25) is 0 Å². The predicted octanol–water partition coefficient (Wildman–Crippen LogP) is 1.28. The number of hydrogen-bond donors (Lipinski definition) is 10. The number of likely N-dealkylation sites (tertiary alicyclic amines) is 1. The number of carboxylic acid groups (broad SMARTS) is 3.